The van der Waals surface area contributed by atoms with Crippen LogP contribution in [0.5, 0.6) is 5.75 Å². The van der Waals surface area contributed by atoms with Crippen LogP contribution in [0.25, 0.3) is 0 Å². The summed E-state index contributed by atoms with van der Waals surface area (Å²) in [5.41, 5.74) is 0.664. The van der Waals surface area contributed by atoms with Crippen molar-refractivity contribution in [3.05, 3.63) is 29.8 Å². The van der Waals surface area contributed by atoms with E-state index in [-0.39, 0.29) is 37.7 Å². The van der Waals surface area contributed by atoms with Crippen molar-refractivity contribution in [3.63, 3.8) is 0 Å². The molecule has 0 fully saturated rings. The molecular weight excluding hydrogens is 524 g/mol. The van der Waals surface area contributed by atoms with Crippen LogP contribution in [0, 0.1) is 5.92 Å². The number of carbonyl (C=O) groups is 5. The molecule has 0 radical (unpaired) electrons. The zero-order chi connectivity index (χ0) is 30.1. The molecule has 0 unspecified atom stereocenters. The summed E-state index contributed by atoms with van der Waals surface area (Å²) < 4.78 is 10.5. The molecular formula is C27H42N4O9. The normalized spacial score (nSPS) is 13.1. The van der Waals surface area contributed by atoms with Crippen LogP contribution in [0.1, 0.15) is 46.1 Å². The molecule has 4 amide bonds. The summed E-state index contributed by atoms with van der Waals surface area (Å²) in [5, 5.41) is 29.0. The summed E-state index contributed by atoms with van der Waals surface area (Å²) in [7, 11) is 0. The van der Waals surface area contributed by atoms with Crippen LogP contribution in [-0.4, -0.2) is 90.9 Å². The first-order chi connectivity index (χ1) is 18.9. The van der Waals surface area contributed by atoms with Crippen LogP contribution < -0.4 is 21.3 Å². The molecule has 0 spiro atoms. The number of phenolic OH excluding ortho intramolecular Hbond substituents is 1. The highest BCUT2D eigenvalue weighted by Gasteiger charge is 2.31. The molecule has 0 aromatic heterocycles. The Bertz CT molecular complexity index is 969. The van der Waals surface area contributed by atoms with E-state index in [1.807, 2.05) is 20.8 Å². The lowest BCUT2D eigenvalue weighted by atomic mass is 10.0. The van der Waals surface area contributed by atoms with Gasteiger partial charge in [0.15, 0.2) is 0 Å². The zero-order valence-corrected chi connectivity index (χ0v) is 23.5. The Kier molecular flexibility index (Phi) is 15.9. The van der Waals surface area contributed by atoms with Gasteiger partial charge in [-0.1, -0.05) is 26.0 Å². The smallest absolute Gasteiger partial charge is 0.305 e. The molecule has 1 rings (SSSR count). The highest BCUT2D eigenvalue weighted by Crippen LogP contribution is 2.12. The quantitative estimate of drug-likeness (QED) is 0.126. The van der Waals surface area contributed by atoms with E-state index in [9.17, 15) is 34.2 Å². The second-order valence-corrected chi connectivity index (χ2v) is 9.57. The molecule has 224 valence electrons. The molecule has 0 saturated heterocycles. The molecule has 3 atom stereocenters. The van der Waals surface area contributed by atoms with Crippen LogP contribution in [0.3, 0.4) is 0 Å². The lowest BCUT2D eigenvalue weighted by Crippen LogP contribution is -2.57. The summed E-state index contributed by atoms with van der Waals surface area (Å²) in [4.78, 5) is 62.1. The molecule has 0 heterocycles. The Morgan fingerprint density at radius 1 is 0.825 bits per heavy atom. The molecule has 0 aliphatic rings. The fraction of sp³-hybridized carbons (Fsp3) is 0.593. The summed E-state index contributed by atoms with van der Waals surface area (Å²) in [6.45, 7) is 8.35. The first-order valence-electron chi connectivity index (χ1n) is 13.2. The number of aromatic hydroxyl groups is 1. The maximum Gasteiger partial charge on any atom is 0.305 e. The van der Waals surface area contributed by atoms with Gasteiger partial charge in [0.1, 0.15) is 23.9 Å². The molecule has 0 aliphatic carbocycles. The fourth-order valence-corrected chi connectivity index (χ4v) is 3.69. The van der Waals surface area contributed by atoms with Crippen LogP contribution >= 0.6 is 0 Å². The number of benzene rings is 1. The minimum atomic E-state index is -1.39. The maximum atomic E-state index is 13.2. The van der Waals surface area contributed by atoms with E-state index >= 15 is 0 Å². The van der Waals surface area contributed by atoms with E-state index in [2.05, 4.69) is 21.3 Å². The lowest BCUT2D eigenvalue weighted by molar-refractivity contribution is -0.141. The van der Waals surface area contributed by atoms with Crippen molar-refractivity contribution < 1.29 is 43.7 Å². The highest BCUT2D eigenvalue weighted by atomic mass is 16.5. The zero-order valence-electron chi connectivity index (χ0n) is 23.5. The number of amides is 4. The minimum absolute atomic E-state index is 0.0481. The Hall–Kier alpha value is -3.71. The van der Waals surface area contributed by atoms with Gasteiger partial charge in [0.2, 0.25) is 23.6 Å². The number of carboxylic acid groups (broad SMARTS) is 1. The second-order valence-electron chi connectivity index (χ2n) is 9.57. The number of carbonyl (C=O) groups excluding carboxylic acids is 4. The Morgan fingerprint density at radius 3 is 2.00 bits per heavy atom. The van der Waals surface area contributed by atoms with Crippen molar-refractivity contribution in [2.75, 3.05) is 33.0 Å². The summed E-state index contributed by atoms with van der Waals surface area (Å²) in [6, 6.07) is 2.61. The summed E-state index contributed by atoms with van der Waals surface area (Å²) >= 11 is 0. The fourth-order valence-electron chi connectivity index (χ4n) is 3.69. The molecule has 0 bridgehead atoms. The molecule has 13 heteroatoms. The van der Waals surface area contributed by atoms with Gasteiger partial charge in [-0.2, -0.15) is 0 Å². The minimum Gasteiger partial charge on any atom is -0.508 e. The van der Waals surface area contributed by atoms with Crippen LogP contribution in [0.15, 0.2) is 24.3 Å². The van der Waals surface area contributed by atoms with Crippen molar-refractivity contribution in [3.8, 4) is 5.75 Å². The van der Waals surface area contributed by atoms with Crippen molar-refractivity contribution in [1.29, 1.82) is 0 Å². The van der Waals surface area contributed by atoms with Crippen LogP contribution in [0.4, 0.5) is 0 Å². The monoisotopic (exact) mass is 566 g/mol. The molecule has 1 aromatic rings. The van der Waals surface area contributed by atoms with E-state index in [0.717, 1.165) is 0 Å². The van der Waals surface area contributed by atoms with Gasteiger partial charge in [-0.05, 0) is 37.0 Å². The number of carboxylic acids is 1. The lowest BCUT2D eigenvalue weighted by Gasteiger charge is -2.26. The van der Waals surface area contributed by atoms with Gasteiger partial charge in [-0.3, -0.25) is 24.0 Å². The SMILES string of the molecule is CCOCCOCCNC(=O)[C@H](CC(=O)O)NC(=O)[C@@H](CC(C)C)NC(=O)[C@H](Cc1ccc(O)cc1)NC(C)=O. The number of rotatable bonds is 19. The number of hydrogen-bond acceptors (Lipinski definition) is 8. The third-order valence-corrected chi connectivity index (χ3v) is 5.54. The Labute approximate surface area is 234 Å². The van der Waals surface area contributed by atoms with Gasteiger partial charge in [0, 0.05) is 26.5 Å². The summed E-state index contributed by atoms with van der Waals surface area (Å²) in [6.07, 6.45) is -0.377. The van der Waals surface area contributed by atoms with E-state index in [1.54, 1.807) is 12.1 Å². The van der Waals surface area contributed by atoms with Gasteiger partial charge in [0.25, 0.3) is 0 Å². The van der Waals surface area contributed by atoms with Gasteiger partial charge >= 0.3 is 5.97 Å². The number of aliphatic carboxylic acids is 1. The number of nitrogens with one attached hydrogen (secondary N) is 4. The van der Waals surface area contributed by atoms with E-state index in [4.69, 9.17) is 9.47 Å². The van der Waals surface area contributed by atoms with Crippen LogP contribution in [0.2, 0.25) is 0 Å². The molecule has 0 aliphatic heterocycles. The average Bonchev–Trinajstić information content (AvgIpc) is 2.87. The topological polar surface area (TPSA) is 192 Å². The number of phenols is 1. The Morgan fingerprint density at radius 2 is 1.43 bits per heavy atom. The first-order valence-corrected chi connectivity index (χ1v) is 13.2. The van der Waals surface area contributed by atoms with Crippen molar-refractivity contribution in [2.45, 2.75) is 65.1 Å². The van der Waals surface area contributed by atoms with Gasteiger partial charge in [0.05, 0.1) is 26.2 Å². The molecule has 0 saturated carbocycles. The molecule has 6 N–H and O–H groups in total. The van der Waals surface area contributed by atoms with Gasteiger partial charge in [-0.15, -0.1) is 0 Å². The van der Waals surface area contributed by atoms with E-state index < -0.39 is 54.1 Å². The average molecular weight is 567 g/mol. The predicted octanol–water partition coefficient (Wildman–Crippen LogP) is 0.0991. The van der Waals surface area contributed by atoms with E-state index in [1.165, 1.54) is 19.1 Å². The number of ether oxygens (including phenoxy) is 2. The highest BCUT2D eigenvalue weighted by molar-refractivity contribution is 5.95. The molecule has 40 heavy (non-hydrogen) atoms. The standard InChI is InChI=1S/C27H42N4O9/c1-5-39-12-13-40-11-10-28-25(36)23(16-24(34)35)31-26(37)21(14-17(2)3)30-27(38)22(29-18(4)32)15-19-6-8-20(33)9-7-19/h6-9,17,21-23,33H,5,10-16H2,1-4H3,(H,28,36)(H,29,32)(H,30,38)(H,31,37)(H,34,35)/t21-,22+,23+/m1/s1. The number of hydrogen-bond donors (Lipinski definition) is 6. The second kappa shape index (κ2) is 18.6. The largest absolute Gasteiger partial charge is 0.508 e. The van der Waals surface area contributed by atoms with Gasteiger partial charge < -0.3 is 41.0 Å². The van der Waals surface area contributed by atoms with Gasteiger partial charge in [-0.25, -0.2) is 0 Å². The molecule has 13 nitrogen and oxygen atoms in total. The maximum absolute atomic E-state index is 13.2. The Balaban J connectivity index is 2.91. The van der Waals surface area contributed by atoms with Crippen molar-refractivity contribution >= 4 is 29.6 Å². The van der Waals surface area contributed by atoms with Crippen LogP contribution in [-0.2, 0) is 39.9 Å². The third-order valence-electron chi connectivity index (χ3n) is 5.54. The van der Waals surface area contributed by atoms with E-state index in [0.29, 0.717) is 25.4 Å². The molecule has 1 aromatic carbocycles. The summed E-state index contributed by atoms with van der Waals surface area (Å²) in [5.74, 6) is -3.82. The first kappa shape index (κ1) is 34.3. The predicted molar refractivity (Wildman–Crippen MR) is 145 cm³/mol. The van der Waals surface area contributed by atoms with Crippen molar-refractivity contribution in [1.82, 2.24) is 21.3 Å². The van der Waals surface area contributed by atoms with Crippen molar-refractivity contribution in [2.24, 2.45) is 5.92 Å². The third kappa shape index (κ3) is 14.4.